The molecule has 0 unspecified atom stereocenters. The lowest BCUT2D eigenvalue weighted by Crippen LogP contribution is -2.46. The van der Waals surface area contributed by atoms with Crippen LogP contribution in [0.3, 0.4) is 0 Å². The molecule has 5 rings (SSSR count). The first kappa shape index (κ1) is 17.6. The number of hydrogen-bond acceptors (Lipinski definition) is 4. The highest BCUT2D eigenvalue weighted by Gasteiger charge is 2.64. The van der Waals surface area contributed by atoms with Gasteiger partial charge in [0.1, 0.15) is 0 Å². The van der Waals surface area contributed by atoms with E-state index in [0.717, 1.165) is 19.4 Å². The molecule has 0 aliphatic carbocycles. The Labute approximate surface area is 167 Å². The highest BCUT2D eigenvalue weighted by molar-refractivity contribution is 6.31. The maximum Gasteiger partial charge on any atom is 0.239 e. The molecule has 3 heterocycles. The van der Waals surface area contributed by atoms with Crippen LogP contribution in [0, 0.1) is 11.8 Å². The van der Waals surface area contributed by atoms with E-state index in [4.69, 9.17) is 11.6 Å². The van der Waals surface area contributed by atoms with Crippen molar-refractivity contribution in [3.8, 4) is 0 Å². The summed E-state index contributed by atoms with van der Waals surface area (Å²) in [5.74, 6) is -1.68. The summed E-state index contributed by atoms with van der Waals surface area (Å²) in [6.07, 6.45) is 1.77. The zero-order chi connectivity index (χ0) is 19.4. The molecule has 3 fully saturated rings. The smallest absolute Gasteiger partial charge is 0.239 e. The van der Waals surface area contributed by atoms with Gasteiger partial charge in [0.05, 0.1) is 23.6 Å². The van der Waals surface area contributed by atoms with Crippen LogP contribution in [0.2, 0.25) is 5.02 Å². The van der Waals surface area contributed by atoms with Crippen LogP contribution in [0.5, 0.6) is 0 Å². The van der Waals surface area contributed by atoms with Crippen molar-refractivity contribution in [2.75, 3.05) is 11.4 Å². The minimum atomic E-state index is -0.635. The Morgan fingerprint density at radius 3 is 2.46 bits per heavy atom. The molecule has 28 heavy (non-hydrogen) atoms. The predicted molar refractivity (Wildman–Crippen MR) is 105 cm³/mol. The number of halogens is 1. The minimum Gasteiger partial charge on any atom is -0.292 e. The zero-order valence-electron chi connectivity index (χ0n) is 15.1. The number of amides is 2. The number of carbonyl (C=O) groups is 3. The molecule has 4 atom stereocenters. The third-order valence-electron chi connectivity index (χ3n) is 6.25. The molecule has 2 aromatic rings. The first-order chi connectivity index (χ1) is 13.6. The molecule has 0 spiro atoms. The van der Waals surface area contributed by atoms with Crippen molar-refractivity contribution in [1.29, 1.82) is 0 Å². The summed E-state index contributed by atoms with van der Waals surface area (Å²) in [4.78, 5) is 43.3. The Hall–Kier alpha value is -2.50. The fourth-order valence-electron chi connectivity index (χ4n) is 5.16. The highest BCUT2D eigenvalue weighted by Crippen LogP contribution is 2.48. The molecule has 0 bridgehead atoms. The highest BCUT2D eigenvalue weighted by atomic mass is 35.5. The maximum atomic E-state index is 13.4. The van der Waals surface area contributed by atoms with E-state index in [1.807, 2.05) is 18.2 Å². The molecule has 0 N–H and O–H groups in total. The summed E-state index contributed by atoms with van der Waals surface area (Å²) in [7, 11) is 0. The third kappa shape index (κ3) is 2.46. The van der Waals surface area contributed by atoms with E-state index in [2.05, 4.69) is 4.90 Å². The molecular weight excluding hydrogens is 376 g/mol. The largest absolute Gasteiger partial charge is 0.292 e. The van der Waals surface area contributed by atoms with Gasteiger partial charge in [-0.05, 0) is 37.6 Å². The van der Waals surface area contributed by atoms with Gasteiger partial charge in [-0.1, -0.05) is 48.0 Å². The number of hydrogen-bond donors (Lipinski definition) is 0. The summed E-state index contributed by atoms with van der Waals surface area (Å²) >= 11 is 6.08. The van der Waals surface area contributed by atoms with Gasteiger partial charge in [0.2, 0.25) is 11.8 Å². The lowest BCUT2D eigenvalue weighted by Gasteiger charge is -2.27. The Morgan fingerprint density at radius 1 is 0.964 bits per heavy atom. The quantitative estimate of drug-likeness (QED) is 0.592. The second-order valence-corrected chi connectivity index (χ2v) is 8.10. The molecule has 0 aromatic heterocycles. The number of imide groups is 1. The van der Waals surface area contributed by atoms with Crippen LogP contribution < -0.4 is 4.90 Å². The lowest BCUT2D eigenvalue weighted by atomic mass is 9.85. The van der Waals surface area contributed by atoms with Crippen LogP contribution in [0.25, 0.3) is 0 Å². The molecule has 3 aliphatic rings. The lowest BCUT2D eigenvalue weighted by molar-refractivity contribution is -0.123. The summed E-state index contributed by atoms with van der Waals surface area (Å²) in [6, 6.07) is 15.2. The molecular formula is C22H19ClN2O3. The maximum absolute atomic E-state index is 13.4. The van der Waals surface area contributed by atoms with Crippen molar-refractivity contribution in [1.82, 2.24) is 4.90 Å². The van der Waals surface area contributed by atoms with Crippen molar-refractivity contribution in [3.05, 3.63) is 65.2 Å². The van der Waals surface area contributed by atoms with Gasteiger partial charge in [-0.3, -0.25) is 19.3 Å². The van der Waals surface area contributed by atoms with Gasteiger partial charge in [-0.2, -0.15) is 0 Å². The van der Waals surface area contributed by atoms with Crippen LogP contribution in [0.1, 0.15) is 23.2 Å². The van der Waals surface area contributed by atoms with E-state index in [-0.39, 0.29) is 23.6 Å². The van der Waals surface area contributed by atoms with Gasteiger partial charge in [-0.25, -0.2) is 4.90 Å². The molecule has 3 saturated heterocycles. The Kier molecular flexibility index (Phi) is 4.11. The van der Waals surface area contributed by atoms with E-state index >= 15 is 0 Å². The number of fused-ring (bicyclic) bond motifs is 3. The molecule has 2 amide bonds. The molecule has 0 saturated carbocycles. The van der Waals surface area contributed by atoms with Gasteiger partial charge in [-0.15, -0.1) is 0 Å². The number of nitrogens with zero attached hydrogens (tertiary/aromatic N) is 2. The topological polar surface area (TPSA) is 57.7 Å². The normalized spacial score (nSPS) is 29.2. The van der Waals surface area contributed by atoms with Crippen molar-refractivity contribution < 1.29 is 14.4 Å². The number of anilines is 1. The van der Waals surface area contributed by atoms with Crippen LogP contribution >= 0.6 is 11.6 Å². The van der Waals surface area contributed by atoms with Crippen LogP contribution in [0.4, 0.5) is 5.69 Å². The number of rotatable bonds is 3. The monoisotopic (exact) mass is 394 g/mol. The first-order valence-corrected chi connectivity index (χ1v) is 9.94. The summed E-state index contributed by atoms with van der Waals surface area (Å²) < 4.78 is 0. The van der Waals surface area contributed by atoms with E-state index in [0.29, 0.717) is 16.3 Å². The van der Waals surface area contributed by atoms with Gasteiger partial charge in [0.25, 0.3) is 0 Å². The standard InChI is InChI=1S/C22H19ClN2O3/c23-14-8-4-9-15(12-14)25-21(27)17-16-10-5-11-24(16)19(18(17)22(25)28)20(26)13-6-2-1-3-7-13/h1-4,6-9,12,16-19H,5,10-11H2/t16-,17+,18-,19+/m1/s1. The van der Waals surface area contributed by atoms with E-state index < -0.39 is 17.9 Å². The fraction of sp³-hybridized carbons (Fsp3) is 0.318. The second-order valence-electron chi connectivity index (χ2n) is 7.67. The van der Waals surface area contributed by atoms with Crippen molar-refractivity contribution in [2.45, 2.75) is 24.9 Å². The molecule has 6 heteroatoms. The molecule has 3 aliphatic heterocycles. The van der Waals surface area contributed by atoms with Gasteiger partial charge < -0.3 is 0 Å². The SMILES string of the molecule is O=C(c1ccccc1)[C@@H]1[C@@H]2C(=O)N(c3cccc(Cl)c3)C(=O)[C@H]2[C@H]2CCCN21. The summed E-state index contributed by atoms with van der Waals surface area (Å²) in [5, 5.41) is 0.467. The zero-order valence-corrected chi connectivity index (χ0v) is 15.9. The number of benzene rings is 2. The van der Waals surface area contributed by atoms with Crippen molar-refractivity contribution >= 4 is 34.9 Å². The predicted octanol–water partition coefficient (Wildman–Crippen LogP) is 3.18. The number of carbonyl (C=O) groups excluding carboxylic acids is 3. The minimum absolute atomic E-state index is 0.0525. The molecule has 0 radical (unpaired) electrons. The van der Waals surface area contributed by atoms with Gasteiger partial charge in [0.15, 0.2) is 5.78 Å². The Balaban J connectivity index is 1.56. The molecule has 2 aromatic carbocycles. The first-order valence-electron chi connectivity index (χ1n) is 9.56. The van der Waals surface area contributed by atoms with Crippen molar-refractivity contribution in [3.63, 3.8) is 0 Å². The average molecular weight is 395 g/mol. The van der Waals surface area contributed by atoms with Gasteiger partial charge in [0, 0.05) is 16.6 Å². The Morgan fingerprint density at radius 2 is 1.71 bits per heavy atom. The van der Waals surface area contributed by atoms with Crippen molar-refractivity contribution in [2.24, 2.45) is 11.8 Å². The summed E-state index contributed by atoms with van der Waals surface area (Å²) in [6.45, 7) is 0.749. The average Bonchev–Trinajstić information content (AvgIpc) is 3.34. The molecule has 142 valence electrons. The summed E-state index contributed by atoms with van der Waals surface area (Å²) in [5.41, 5.74) is 1.06. The van der Waals surface area contributed by atoms with E-state index in [1.165, 1.54) is 4.90 Å². The molecule has 5 nitrogen and oxygen atoms in total. The Bertz CT molecular complexity index is 977. The number of Topliss-reactive ketones (excluding diaryl/α,β-unsaturated/α-hetero) is 1. The number of ketones is 1. The van der Waals surface area contributed by atoms with Crippen LogP contribution in [0.15, 0.2) is 54.6 Å². The van der Waals surface area contributed by atoms with E-state index in [9.17, 15) is 14.4 Å². The van der Waals surface area contributed by atoms with Gasteiger partial charge >= 0.3 is 0 Å². The fourth-order valence-corrected chi connectivity index (χ4v) is 5.34. The van der Waals surface area contributed by atoms with Crippen LogP contribution in [-0.4, -0.2) is 41.1 Å². The second kappa shape index (κ2) is 6.54. The van der Waals surface area contributed by atoms with E-state index in [1.54, 1.807) is 36.4 Å². The third-order valence-corrected chi connectivity index (χ3v) is 6.48. The van der Waals surface area contributed by atoms with Crippen LogP contribution in [-0.2, 0) is 9.59 Å².